The van der Waals surface area contributed by atoms with Crippen molar-refractivity contribution in [1.82, 2.24) is 0 Å². The van der Waals surface area contributed by atoms with E-state index in [4.69, 9.17) is 25.8 Å². The van der Waals surface area contributed by atoms with Crippen LogP contribution < -0.4 is 78.4 Å². The number of benzene rings is 2. The molecule has 0 N–H and O–H groups in total. The zero-order valence-corrected chi connectivity index (χ0v) is 20.7. The molecule has 6 heteroatoms. The largest absolute Gasteiger partial charge is 1.00 e. The first-order chi connectivity index (χ1) is 11.1. The fourth-order valence-electron chi connectivity index (χ4n) is 2.30. The van der Waals surface area contributed by atoms with Crippen molar-refractivity contribution in [3.05, 3.63) is 65.5 Å². The van der Waals surface area contributed by atoms with E-state index in [1.165, 1.54) is 6.07 Å². The van der Waals surface area contributed by atoms with E-state index in [2.05, 4.69) is 6.92 Å². The molecule has 0 aliphatic carbocycles. The van der Waals surface area contributed by atoms with E-state index in [0.717, 1.165) is 12.0 Å². The van der Waals surface area contributed by atoms with Gasteiger partial charge in [0.15, 0.2) is 6.29 Å². The monoisotopic (exact) mass is 468 g/mol. The van der Waals surface area contributed by atoms with Crippen LogP contribution in [0.4, 0.5) is 4.39 Å². The summed E-state index contributed by atoms with van der Waals surface area (Å²) in [5.41, 5.74) is 0.797. The second kappa shape index (κ2) is 9.83. The Morgan fingerprint density at radius 3 is 2.75 bits per heavy atom. The summed E-state index contributed by atoms with van der Waals surface area (Å²) < 4.78 is 30.0. The molecule has 1 saturated heterocycles. The molecule has 122 valence electrons. The van der Waals surface area contributed by atoms with Crippen LogP contribution in [0, 0.1) is 18.3 Å². The van der Waals surface area contributed by atoms with Crippen molar-refractivity contribution in [3.63, 3.8) is 0 Å². The molecule has 1 heterocycles. The number of hydrogen-bond acceptors (Lipinski definition) is 3. The minimum atomic E-state index is -0.437. The molecule has 24 heavy (non-hydrogen) atoms. The molecular formula is C18H17ClCsFO3. The molecule has 2 atom stereocenters. The summed E-state index contributed by atoms with van der Waals surface area (Å²) in [5.74, 6) is 1.31. The van der Waals surface area contributed by atoms with Crippen LogP contribution in [0.1, 0.15) is 18.9 Å². The number of ether oxygens (including phenoxy) is 3. The van der Waals surface area contributed by atoms with Crippen molar-refractivity contribution in [1.29, 1.82) is 0 Å². The van der Waals surface area contributed by atoms with Gasteiger partial charge in [0.05, 0.1) is 5.02 Å². The molecule has 1 fully saturated rings. The predicted molar refractivity (Wildman–Crippen MR) is 85.8 cm³/mol. The topological polar surface area (TPSA) is 27.7 Å². The minimum absolute atomic E-state index is 0. The van der Waals surface area contributed by atoms with Crippen molar-refractivity contribution in [2.24, 2.45) is 5.92 Å². The summed E-state index contributed by atoms with van der Waals surface area (Å²) >= 11 is 5.76. The van der Waals surface area contributed by atoms with Crippen LogP contribution in [0.2, 0.25) is 5.02 Å². The summed E-state index contributed by atoms with van der Waals surface area (Å²) in [6.07, 6.45) is 0.579. The SMILES string of the molecule is C[C@H]1[CH-]OC(Oc2cccc(OCc3ccc(F)c(Cl)c3)c2)C1.[Cs+]. The van der Waals surface area contributed by atoms with Crippen molar-refractivity contribution >= 4 is 11.6 Å². The third-order valence-corrected chi connectivity index (χ3v) is 3.78. The first-order valence-electron chi connectivity index (χ1n) is 7.42. The van der Waals surface area contributed by atoms with E-state index >= 15 is 0 Å². The predicted octanol–water partition coefficient (Wildman–Crippen LogP) is 1.99. The minimum Gasteiger partial charge on any atom is -0.520 e. The maximum Gasteiger partial charge on any atom is 1.00 e. The zero-order chi connectivity index (χ0) is 16.2. The molecule has 2 aromatic carbocycles. The molecule has 3 rings (SSSR count). The van der Waals surface area contributed by atoms with E-state index in [0.29, 0.717) is 24.0 Å². The summed E-state index contributed by atoms with van der Waals surface area (Å²) in [6.45, 7) is 4.17. The van der Waals surface area contributed by atoms with E-state index in [9.17, 15) is 4.39 Å². The van der Waals surface area contributed by atoms with Gasteiger partial charge in [-0.1, -0.05) is 30.7 Å². The second-order valence-electron chi connectivity index (χ2n) is 5.54. The van der Waals surface area contributed by atoms with Crippen LogP contribution in [0.5, 0.6) is 11.5 Å². The standard InChI is InChI=1S/C18H17ClFO3.Cs/c1-12-7-18(22-10-12)23-15-4-2-3-14(9-15)21-11-13-5-6-17(20)16(19)8-13;/h2-6,8-10,12,18H,7,11H2,1H3;/q-1;+1/t12-,18?;/m1./s1. The quantitative estimate of drug-likeness (QED) is 0.628. The van der Waals surface area contributed by atoms with Crippen LogP contribution >= 0.6 is 11.6 Å². The number of hydrogen-bond donors (Lipinski definition) is 0. The molecular weight excluding hydrogens is 452 g/mol. The van der Waals surface area contributed by atoms with Crippen LogP contribution in [-0.4, -0.2) is 6.29 Å². The normalized spacial score (nSPS) is 19.6. The van der Waals surface area contributed by atoms with E-state index in [1.54, 1.807) is 24.8 Å². The Bertz CT molecular complexity index is 683. The van der Waals surface area contributed by atoms with Gasteiger partial charge in [-0.3, -0.25) is 0 Å². The third kappa shape index (κ3) is 5.92. The first kappa shape index (κ1) is 20.6. The van der Waals surface area contributed by atoms with Gasteiger partial charge in [0, 0.05) is 6.07 Å². The van der Waals surface area contributed by atoms with Gasteiger partial charge < -0.3 is 14.2 Å². The summed E-state index contributed by atoms with van der Waals surface area (Å²) in [7, 11) is 0. The molecule has 1 aliphatic rings. The molecule has 2 aromatic rings. The smallest absolute Gasteiger partial charge is 0.520 e. The van der Waals surface area contributed by atoms with E-state index in [1.807, 2.05) is 18.2 Å². The summed E-state index contributed by atoms with van der Waals surface area (Å²) in [4.78, 5) is 0. The molecule has 1 aliphatic heterocycles. The summed E-state index contributed by atoms with van der Waals surface area (Å²) in [6, 6.07) is 11.9. The maximum absolute atomic E-state index is 13.1. The fourth-order valence-corrected chi connectivity index (χ4v) is 2.50. The van der Waals surface area contributed by atoms with Crippen LogP contribution in [-0.2, 0) is 11.3 Å². The van der Waals surface area contributed by atoms with Crippen LogP contribution in [0.15, 0.2) is 42.5 Å². The van der Waals surface area contributed by atoms with Crippen molar-refractivity contribution in [2.45, 2.75) is 26.2 Å². The van der Waals surface area contributed by atoms with Crippen molar-refractivity contribution < 1.29 is 87.5 Å². The Balaban J connectivity index is 0.00000208. The second-order valence-corrected chi connectivity index (χ2v) is 5.95. The number of halogens is 2. The van der Waals surface area contributed by atoms with Gasteiger partial charge in [-0.25, -0.2) is 11.0 Å². The zero-order valence-electron chi connectivity index (χ0n) is 13.7. The van der Waals surface area contributed by atoms with Crippen molar-refractivity contribution in [2.75, 3.05) is 0 Å². The molecule has 1 unspecified atom stereocenters. The first-order valence-corrected chi connectivity index (χ1v) is 7.80. The van der Waals surface area contributed by atoms with Gasteiger partial charge in [-0.05, 0) is 36.2 Å². The van der Waals surface area contributed by atoms with Gasteiger partial charge in [0.2, 0.25) is 0 Å². The molecule has 0 aromatic heterocycles. The average molecular weight is 469 g/mol. The Hall–Kier alpha value is 0.272. The molecule has 0 amide bonds. The Morgan fingerprint density at radius 1 is 1.25 bits per heavy atom. The molecule has 0 spiro atoms. The Labute approximate surface area is 205 Å². The van der Waals surface area contributed by atoms with E-state index < -0.39 is 5.82 Å². The fraction of sp³-hybridized carbons (Fsp3) is 0.278. The van der Waals surface area contributed by atoms with Gasteiger partial charge in [0.1, 0.15) is 23.9 Å². The van der Waals surface area contributed by atoms with Crippen LogP contribution in [0.25, 0.3) is 0 Å². The average Bonchev–Trinajstić information content (AvgIpc) is 2.94. The third-order valence-electron chi connectivity index (χ3n) is 3.49. The molecule has 0 radical (unpaired) electrons. The van der Waals surface area contributed by atoms with Crippen molar-refractivity contribution in [3.8, 4) is 11.5 Å². The van der Waals surface area contributed by atoms with E-state index in [-0.39, 0.29) is 80.2 Å². The Kier molecular flexibility index (Phi) is 8.43. The Morgan fingerprint density at radius 2 is 2.04 bits per heavy atom. The maximum atomic E-state index is 13.1. The molecule has 0 saturated carbocycles. The summed E-state index contributed by atoms with van der Waals surface area (Å²) in [5, 5.41) is 0.0898. The van der Waals surface area contributed by atoms with Gasteiger partial charge in [0.25, 0.3) is 0 Å². The molecule has 3 nitrogen and oxygen atoms in total. The molecule has 0 bridgehead atoms. The van der Waals surface area contributed by atoms with Gasteiger partial charge in [-0.15, -0.1) is 5.92 Å². The van der Waals surface area contributed by atoms with Gasteiger partial charge >= 0.3 is 68.9 Å². The van der Waals surface area contributed by atoms with Gasteiger partial charge in [-0.2, -0.15) is 0 Å². The van der Waals surface area contributed by atoms with Crippen LogP contribution in [0.3, 0.4) is 0 Å². The number of rotatable bonds is 5.